The number of hydrogen-bond acceptors (Lipinski definition) is 2. The first kappa shape index (κ1) is 10.0. The largest absolute Gasteiger partial charge is 0.360 e. The molecule has 0 radical (unpaired) electrons. The zero-order valence-corrected chi connectivity index (χ0v) is 8.88. The van der Waals surface area contributed by atoms with Crippen molar-refractivity contribution < 1.29 is 4.79 Å². The second-order valence-electron chi connectivity index (χ2n) is 3.31. The molecule has 0 saturated carbocycles. The molecule has 0 aliphatic carbocycles. The summed E-state index contributed by atoms with van der Waals surface area (Å²) in [5.74, 6) is 5.15. The summed E-state index contributed by atoms with van der Waals surface area (Å²) >= 11 is 5.86. The number of rotatable bonds is 1. The summed E-state index contributed by atoms with van der Waals surface area (Å²) in [6.45, 7) is 0. The third kappa shape index (κ3) is 1.69. The van der Waals surface area contributed by atoms with E-state index >= 15 is 0 Å². The molecular formula is C10H10ClN3O. The molecule has 1 aromatic carbocycles. The van der Waals surface area contributed by atoms with E-state index < -0.39 is 0 Å². The van der Waals surface area contributed by atoms with E-state index in [0.717, 1.165) is 15.9 Å². The summed E-state index contributed by atoms with van der Waals surface area (Å²) in [6.07, 6.45) is 1.63. The number of nitrogens with two attached hydrogens (primary N) is 1. The Labute approximate surface area is 91.6 Å². The van der Waals surface area contributed by atoms with Crippen molar-refractivity contribution in [3.8, 4) is 0 Å². The van der Waals surface area contributed by atoms with Crippen molar-refractivity contribution >= 4 is 28.4 Å². The summed E-state index contributed by atoms with van der Waals surface area (Å²) in [5, 5.41) is 2.42. The van der Waals surface area contributed by atoms with Gasteiger partial charge in [0.1, 0.15) is 0 Å². The second kappa shape index (κ2) is 3.56. The number of nitrogens with one attached hydrogen (secondary N) is 1. The molecule has 0 saturated heterocycles. The van der Waals surface area contributed by atoms with E-state index in [2.05, 4.69) is 4.98 Å². The summed E-state index contributed by atoms with van der Waals surface area (Å²) in [5.41, 5.74) is 1.39. The molecule has 0 unspecified atom stereocenters. The second-order valence-corrected chi connectivity index (χ2v) is 3.74. The lowest BCUT2D eigenvalue weighted by molar-refractivity contribution is 0.0797. The first-order chi connectivity index (χ1) is 7.09. The minimum Gasteiger partial charge on any atom is -0.360 e. The fraction of sp³-hybridized carbons (Fsp3) is 0.100. The number of fused-ring (bicyclic) bond motifs is 1. The number of amides is 1. The highest BCUT2D eigenvalue weighted by molar-refractivity contribution is 6.31. The molecule has 0 aliphatic heterocycles. The lowest BCUT2D eigenvalue weighted by atomic mass is 10.1. The van der Waals surface area contributed by atoms with Gasteiger partial charge in [0.25, 0.3) is 5.91 Å². The van der Waals surface area contributed by atoms with E-state index in [4.69, 9.17) is 17.4 Å². The SMILES string of the molecule is CN(N)C(=O)c1c[nH]c2ccc(Cl)cc12. The van der Waals surface area contributed by atoms with E-state index in [-0.39, 0.29) is 5.91 Å². The molecule has 15 heavy (non-hydrogen) atoms. The van der Waals surface area contributed by atoms with Crippen LogP contribution < -0.4 is 5.84 Å². The third-order valence-electron chi connectivity index (χ3n) is 2.19. The predicted octanol–water partition coefficient (Wildman–Crippen LogP) is 1.77. The van der Waals surface area contributed by atoms with Crippen molar-refractivity contribution in [2.45, 2.75) is 0 Å². The Bertz CT molecular complexity index is 518. The van der Waals surface area contributed by atoms with Crippen molar-refractivity contribution in [3.63, 3.8) is 0 Å². The number of benzene rings is 1. The highest BCUT2D eigenvalue weighted by atomic mass is 35.5. The number of aromatic nitrogens is 1. The molecule has 3 N–H and O–H groups in total. The van der Waals surface area contributed by atoms with E-state index in [1.807, 2.05) is 6.07 Å². The van der Waals surface area contributed by atoms with Gasteiger partial charge in [0.2, 0.25) is 0 Å². The van der Waals surface area contributed by atoms with Gasteiger partial charge in [-0.25, -0.2) is 5.84 Å². The average molecular weight is 224 g/mol. The fourth-order valence-electron chi connectivity index (χ4n) is 1.46. The van der Waals surface area contributed by atoms with Crippen LogP contribution in [0.4, 0.5) is 0 Å². The first-order valence-corrected chi connectivity index (χ1v) is 4.77. The molecule has 1 heterocycles. The number of H-pyrrole nitrogens is 1. The number of carbonyl (C=O) groups excluding carboxylic acids is 1. The average Bonchev–Trinajstić information content (AvgIpc) is 2.59. The van der Waals surface area contributed by atoms with Crippen LogP contribution in [0.5, 0.6) is 0 Å². The minimum absolute atomic E-state index is 0.247. The summed E-state index contributed by atoms with van der Waals surface area (Å²) in [4.78, 5) is 14.7. The maximum absolute atomic E-state index is 11.7. The van der Waals surface area contributed by atoms with Gasteiger partial charge in [-0.2, -0.15) is 0 Å². The van der Waals surface area contributed by atoms with Crippen LogP contribution in [0, 0.1) is 0 Å². The lowest BCUT2D eigenvalue weighted by Gasteiger charge is -2.08. The van der Waals surface area contributed by atoms with Crippen LogP contribution in [0.15, 0.2) is 24.4 Å². The standard InChI is InChI=1S/C10H10ClN3O/c1-14(12)10(15)8-5-13-9-3-2-6(11)4-7(8)9/h2-5,13H,12H2,1H3. The Balaban J connectivity index is 2.62. The number of halogens is 1. The van der Waals surface area contributed by atoms with Gasteiger partial charge in [0.15, 0.2) is 0 Å². The van der Waals surface area contributed by atoms with Gasteiger partial charge < -0.3 is 4.98 Å². The van der Waals surface area contributed by atoms with Crippen molar-refractivity contribution in [1.29, 1.82) is 0 Å². The summed E-state index contributed by atoms with van der Waals surface area (Å²) in [7, 11) is 1.51. The minimum atomic E-state index is -0.247. The first-order valence-electron chi connectivity index (χ1n) is 4.39. The van der Waals surface area contributed by atoms with Crippen LogP contribution >= 0.6 is 11.6 Å². The maximum Gasteiger partial charge on any atom is 0.269 e. The number of nitrogens with zero attached hydrogens (tertiary/aromatic N) is 1. The Morgan fingerprint density at radius 1 is 1.53 bits per heavy atom. The molecule has 0 fully saturated rings. The van der Waals surface area contributed by atoms with Gasteiger partial charge in [0.05, 0.1) is 5.56 Å². The molecule has 78 valence electrons. The molecule has 2 rings (SSSR count). The number of hydrazine groups is 1. The Morgan fingerprint density at radius 3 is 2.93 bits per heavy atom. The smallest absolute Gasteiger partial charge is 0.269 e. The molecular weight excluding hydrogens is 214 g/mol. The highest BCUT2D eigenvalue weighted by Crippen LogP contribution is 2.22. The third-order valence-corrected chi connectivity index (χ3v) is 2.43. The van der Waals surface area contributed by atoms with E-state index in [1.165, 1.54) is 7.05 Å². The predicted molar refractivity (Wildman–Crippen MR) is 59.6 cm³/mol. The number of hydrogen-bond donors (Lipinski definition) is 2. The van der Waals surface area contributed by atoms with Crippen LogP contribution in [0.3, 0.4) is 0 Å². The fourth-order valence-corrected chi connectivity index (χ4v) is 1.63. The van der Waals surface area contributed by atoms with E-state index in [9.17, 15) is 4.79 Å². The van der Waals surface area contributed by atoms with E-state index in [1.54, 1.807) is 18.3 Å². The number of carbonyl (C=O) groups is 1. The van der Waals surface area contributed by atoms with Gasteiger partial charge in [0, 0.05) is 29.2 Å². The summed E-state index contributed by atoms with van der Waals surface area (Å²) in [6, 6.07) is 5.33. The van der Waals surface area contributed by atoms with Crippen LogP contribution in [-0.2, 0) is 0 Å². The van der Waals surface area contributed by atoms with Gasteiger partial charge >= 0.3 is 0 Å². The number of aromatic amines is 1. The Kier molecular flexibility index (Phi) is 2.38. The van der Waals surface area contributed by atoms with Gasteiger partial charge in [-0.3, -0.25) is 9.80 Å². The molecule has 0 aliphatic rings. The van der Waals surface area contributed by atoms with Crippen molar-refractivity contribution in [2.24, 2.45) is 5.84 Å². The van der Waals surface area contributed by atoms with Crippen LogP contribution in [0.1, 0.15) is 10.4 Å². The maximum atomic E-state index is 11.7. The van der Waals surface area contributed by atoms with E-state index in [0.29, 0.717) is 10.6 Å². The molecule has 1 amide bonds. The monoisotopic (exact) mass is 223 g/mol. The van der Waals surface area contributed by atoms with Gasteiger partial charge in [-0.15, -0.1) is 0 Å². The molecule has 0 atom stereocenters. The summed E-state index contributed by atoms with van der Waals surface area (Å²) < 4.78 is 0. The Morgan fingerprint density at radius 2 is 2.27 bits per heavy atom. The zero-order valence-electron chi connectivity index (χ0n) is 8.12. The molecule has 4 nitrogen and oxygen atoms in total. The van der Waals surface area contributed by atoms with Crippen LogP contribution in [0.2, 0.25) is 5.02 Å². The van der Waals surface area contributed by atoms with Crippen LogP contribution in [0.25, 0.3) is 10.9 Å². The molecule has 1 aromatic heterocycles. The highest BCUT2D eigenvalue weighted by Gasteiger charge is 2.13. The van der Waals surface area contributed by atoms with Crippen molar-refractivity contribution in [2.75, 3.05) is 7.05 Å². The molecule has 0 bridgehead atoms. The van der Waals surface area contributed by atoms with Gasteiger partial charge in [-0.1, -0.05) is 11.6 Å². The molecule has 5 heteroatoms. The topological polar surface area (TPSA) is 62.1 Å². The van der Waals surface area contributed by atoms with Crippen LogP contribution in [-0.4, -0.2) is 22.9 Å². The zero-order chi connectivity index (χ0) is 11.0. The van der Waals surface area contributed by atoms with Crippen molar-refractivity contribution in [3.05, 3.63) is 35.0 Å². The molecule has 0 spiro atoms. The quantitative estimate of drug-likeness (QED) is 0.440. The Hall–Kier alpha value is -1.52. The normalized spacial score (nSPS) is 10.6. The van der Waals surface area contributed by atoms with Crippen molar-refractivity contribution in [1.82, 2.24) is 9.99 Å². The van der Waals surface area contributed by atoms with Gasteiger partial charge in [-0.05, 0) is 18.2 Å². The lowest BCUT2D eigenvalue weighted by Crippen LogP contribution is -2.32. The molecule has 2 aromatic rings.